The molecule has 0 aliphatic heterocycles. The molecule has 5 heteroatoms. The van der Waals surface area contributed by atoms with E-state index in [1.54, 1.807) is 12.1 Å². The fourth-order valence-corrected chi connectivity index (χ4v) is 2.12. The number of benzene rings is 2. The Bertz CT molecular complexity index is 587. The summed E-state index contributed by atoms with van der Waals surface area (Å²) in [7, 11) is 0. The number of halogens is 2. The summed E-state index contributed by atoms with van der Waals surface area (Å²) < 4.78 is 34.2. The molecule has 2 rings (SSSR count). The monoisotopic (exact) mass is 307 g/mol. The van der Waals surface area contributed by atoms with Crippen molar-refractivity contribution in [3.63, 3.8) is 0 Å². The highest BCUT2D eigenvalue weighted by Gasteiger charge is 2.10. The Kier molecular flexibility index (Phi) is 5.58. The fraction of sp³-hybridized carbons (Fsp3) is 0.294. The van der Waals surface area contributed by atoms with Gasteiger partial charge in [0.2, 0.25) is 0 Å². The second kappa shape index (κ2) is 7.64. The molecule has 0 bridgehead atoms. The quantitative estimate of drug-likeness (QED) is 0.792. The molecule has 0 radical (unpaired) electrons. The number of ether oxygens (including phenoxy) is 2. The molecule has 0 saturated carbocycles. The number of anilines is 1. The second-order valence-corrected chi connectivity index (χ2v) is 4.74. The van der Waals surface area contributed by atoms with Crippen LogP contribution in [0.15, 0.2) is 48.5 Å². The van der Waals surface area contributed by atoms with E-state index in [-0.39, 0.29) is 11.8 Å². The lowest BCUT2D eigenvalue weighted by atomic mass is 10.1. The number of nitrogens with one attached hydrogen (secondary N) is 1. The summed E-state index contributed by atoms with van der Waals surface area (Å²) in [5, 5.41) is 3.36. The van der Waals surface area contributed by atoms with E-state index < -0.39 is 6.61 Å². The number of rotatable bonds is 7. The molecule has 0 aliphatic carbocycles. The van der Waals surface area contributed by atoms with Crippen molar-refractivity contribution >= 4 is 5.69 Å². The van der Waals surface area contributed by atoms with Crippen LogP contribution in [-0.4, -0.2) is 13.2 Å². The van der Waals surface area contributed by atoms with E-state index in [0.717, 1.165) is 17.0 Å². The van der Waals surface area contributed by atoms with Gasteiger partial charge in [-0.3, -0.25) is 0 Å². The minimum absolute atomic E-state index is 0.00204. The van der Waals surface area contributed by atoms with Crippen LogP contribution in [0.25, 0.3) is 0 Å². The Labute approximate surface area is 128 Å². The summed E-state index contributed by atoms with van der Waals surface area (Å²) in [6, 6.07) is 14.3. The maximum Gasteiger partial charge on any atom is 0.387 e. The van der Waals surface area contributed by atoms with Crippen LogP contribution in [0.5, 0.6) is 11.5 Å². The number of hydrogen-bond donors (Lipinski definition) is 1. The summed E-state index contributed by atoms with van der Waals surface area (Å²) in [6.07, 6.45) is 0. The topological polar surface area (TPSA) is 30.5 Å². The Morgan fingerprint density at radius 3 is 2.36 bits per heavy atom. The molecule has 0 heterocycles. The van der Waals surface area contributed by atoms with E-state index in [1.165, 1.54) is 12.1 Å². The van der Waals surface area contributed by atoms with Crippen LogP contribution >= 0.6 is 0 Å². The third kappa shape index (κ3) is 4.35. The normalized spacial score (nSPS) is 12.0. The van der Waals surface area contributed by atoms with Gasteiger partial charge in [0.1, 0.15) is 11.5 Å². The molecule has 118 valence electrons. The number of alkyl halides is 2. The minimum atomic E-state index is -2.81. The van der Waals surface area contributed by atoms with E-state index in [1.807, 2.05) is 38.1 Å². The minimum Gasteiger partial charge on any atom is -0.492 e. The van der Waals surface area contributed by atoms with Gasteiger partial charge in [-0.2, -0.15) is 8.78 Å². The first-order valence-electron chi connectivity index (χ1n) is 7.13. The molecular formula is C17H19F2NO2. The smallest absolute Gasteiger partial charge is 0.387 e. The Morgan fingerprint density at radius 2 is 1.73 bits per heavy atom. The first-order valence-corrected chi connectivity index (χ1v) is 7.13. The maximum atomic E-state index is 12.1. The average molecular weight is 307 g/mol. The van der Waals surface area contributed by atoms with Crippen molar-refractivity contribution in [1.82, 2.24) is 0 Å². The zero-order valence-electron chi connectivity index (χ0n) is 12.6. The predicted octanol–water partition coefficient (Wildman–Crippen LogP) is 4.86. The molecule has 2 aromatic carbocycles. The predicted molar refractivity (Wildman–Crippen MR) is 82.7 cm³/mol. The summed E-state index contributed by atoms with van der Waals surface area (Å²) in [5.41, 5.74) is 1.86. The van der Waals surface area contributed by atoms with Gasteiger partial charge in [0.15, 0.2) is 0 Å². The molecule has 3 nitrogen and oxygen atoms in total. The van der Waals surface area contributed by atoms with E-state index in [4.69, 9.17) is 4.74 Å². The van der Waals surface area contributed by atoms with Crippen molar-refractivity contribution in [2.45, 2.75) is 26.5 Å². The maximum absolute atomic E-state index is 12.1. The van der Waals surface area contributed by atoms with Crippen molar-refractivity contribution in [2.75, 3.05) is 11.9 Å². The highest BCUT2D eigenvalue weighted by molar-refractivity contribution is 5.57. The zero-order valence-corrected chi connectivity index (χ0v) is 12.6. The Balaban J connectivity index is 2.07. The van der Waals surface area contributed by atoms with E-state index in [9.17, 15) is 8.78 Å². The van der Waals surface area contributed by atoms with E-state index in [0.29, 0.717) is 6.61 Å². The molecule has 1 N–H and O–H groups in total. The lowest BCUT2D eigenvalue weighted by Gasteiger charge is -2.18. The standard InChI is InChI=1S/C17H19F2NO2/c1-3-21-16-7-5-4-6-15(16)20-12(2)13-8-10-14(11-9-13)22-17(18)19/h4-12,17,20H,3H2,1-2H3. The van der Waals surface area contributed by atoms with Gasteiger partial charge >= 0.3 is 6.61 Å². The van der Waals surface area contributed by atoms with Crippen LogP contribution < -0.4 is 14.8 Å². The molecule has 0 aromatic heterocycles. The molecule has 0 aliphatic rings. The van der Waals surface area contributed by atoms with Crippen molar-refractivity contribution in [1.29, 1.82) is 0 Å². The third-order valence-electron chi connectivity index (χ3n) is 3.16. The van der Waals surface area contributed by atoms with Crippen molar-refractivity contribution in [2.24, 2.45) is 0 Å². The van der Waals surface area contributed by atoms with Crippen LogP contribution in [0, 0.1) is 0 Å². The first kappa shape index (κ1) is 16.1. The summed E-state index contributed by atoms with van der Waals surface area (Å²) in [5.74, 6) is 0.940. The van der Waals surface area contributed by atoms with Gasteiger partial charge in [0.25, 0.3) is 0 Å². The molecule has 0 spiro atoms. The largest absolute Gasteiger partial charge is 0.492 e. The first-order chi connectivity index (χ1) is 10.6. The highest BCUT2D eigenvalue weighted by Crippen LogP contribution is 2.28. The van der Waals surface area contributed by atoms with Gasteiger partial charge in [0, 0.05) is 6.04 Å². The molecule has 22 heavy (non-hydrogen) atoms. The van der Waals surface area contributed by atoms with Crippen LogP contribution in [0.1, 0.15) is 25.5 Å². The SMILES string of the molecule is CCOc1ccccc1NC(C)c1ccc(OC(F)F)cc1. The summed E-state index contributed by atoms with van der Waals surface area (Å²) >= 11 is 0. The highest BCUT2D eigenvalue weighted by atomic mass is 19.3. The fourth-order valence-electron chi connectivity index (χ4n) is 2.12. The van der Waals surface area contributed by atoms with Crippen LogP contribution in [0.2, 0.25) is 0 Å². The molecule has 1 atom stereocenters. The lowest BCUT2D eigenvalue weighted by Crippen LogP contribution is -2.08. The summed E-state index contributed by atoms with van der Waals surface area (Å²) in [6.45, 7) is 1.71. The van der Waals surface area contributed by atoms with Crippen LogP contribution in [-0.2, 0) is 0 Å². The summed E-state index contributed by atoms with van der Waals surface area (Å²) in [4.78, 5) is 0. The van der Waals surface area contributed by atoms with Crippen LogP contribution in [0.3, 0.4) is 0 Å². The second-order valence-electron chi connectivity index (χ2n) is 4.74. The van der Waals surface area contributed by atoms with Crippen molar-refractivity contribution in [3.8, 4) is 11.5 Å². The van der Waals surface area contributed by atoms with Gasteiger partial charge in [-0.15, -0.1) is 0 Å². The molecule has 1 unspecified atom stereocenters. The zero-order chi connectivity index (χ0) is 15.9. The average Bonchev–Trinajstić information content (AvgIpc) is 2.49. The molecular weight excluding hydrogens is 288 g/mol. The lowest BCUT2D eigenvalue weighted by molar-refractivity contribution is -0.0498. The van der Waals surface area contributed by atoms with Gasteiger partial charge in [-0.05, 0) is 43.7 Å². The molecule has 0 fully saturated rings. The van der Waals surface area contributed by atoms with E-state index in [2.05, 4.69) is 10.1 Å². The Morgan fingerprint density at radius 1 is 1.05 bits per heavy atom. The van der Waals surface area contributed by atoms with Gasteiger partial charge in [0.05, 0.1) is 12.3 Å². The van der Waals surface area contributed by atoms with E-state index >= 15 is 0 Å². The third-order valence-corrected chi connectivity index (χ3v) is 3.16. The number of para-hydroxylation sites is 2. The van der Waals surface area contributed by atoms with Gasteiger partial charge < -0.3 is 14.8 Å². The van der Waals surface area contributed by atoms with Gasteiger partial charge in [-0.1, -0.05) is 24.3 Å². The Hall–Kier alpha value is -2.30. The van der Waals surface area contributed by atoms with Crippen LogP contribution in [0.4, 0.5) is 14.5 Å². The van der Waals surface area contributed by atoms with Crippen molar-refractivity contribution < 1.29 is 18.3 Å². The molecule has 0 amide bonds. The molecule has 2 aromatic rings. The number of hydrogen-bond acceptors (Lipinski definition) is 3. The van der Waals surface area contributed by atoms with Crippen molar-refractivity contribution in [3.05, 3.63) is 54.1 Å². The molecule has 0 saturated heterocycles. The van der Waals surface area contributed by atoms with Gasteiger partial charge in [-0.25, -0.2) is 0 Å².